The van der Waals surface area contributed by atoms with Crippen molar-refractivity contribution in [3.05, 3.63) is 44.6 Å². The SMILES string of the molecule is CCOC(=O)c1sc(NC(=O)c2sc3ccccc3c2Cl)c(SC#N)c1C. The summed E-state index contributed by atoms with van der Waals surface area (Å²) >= 11 is 9.65. The van der Waals surface area contributed by atoms with Crippen LogP contribution in [0.15, 0.2) is 29.2 Å². The molecule has 5 nitrogen and oxygen atoms in total. The van der Waals surface area contributed by atoms with Crippen LogP contribution in [0.1, 0.15) is 31.8 Å². The summed E-state index contributed by atoms with van der Waals surface area (Å²) in [4.78, 5) is 26.2. The fourth-order valence-electron chi connectivity index (χ4n) is 2.46. The number of fused-ring (bicyclic) bond motifs is 1. The molecule has 1 N–H and O–H groups in total. The lowest BCUT2D eigenvalue weighted by atomic mass is 10.2. The Hall–Kier alpha value is -2.05. The average Bonchev–Trinajstić information content (AvgIpc) is 3.15. The first-order valence-corrected chi connectivity index (χ1v) is 10.7. The van der Waals surface area contributed by atoms with Crippen molar-refractivity contribution in [2.24, 2.45) is 0 Å². The fraction of sp³-hybridized carbons (Fsp3) is 0.167. The third-order valence-corrected chi connectivity index (χ3v) is 7.46. The third kappa shape index (κ3) is 3.82. The minimum Gasteiger partial charge on any atom is -0.462 e. The Morgan fingerprint density at radius 3 is 2.70 bits per heavy atom. The maximum absolute atomic E-state index is 12.8. The molecule has 138 valence electrons. The van der Waals surface area contributed by atoms with Gasteiger partial charge in [-0.1, -0.05) is 29.8 Å². The maximum atomic E-state index is 12.8. The van der Waals surface area contributed by atoms with Gasteiger partial charge < -0.3 is 10.1 Å². The Bertz CT molecular complexity index is 1080. The van der Waals surface area contributed by atoms with Gasteiger partial charge >= 0.3 is 5.97 Å². The topological polar surface area (TPSA) is 79.2 Å². The van der Waals surface area contributed by atoms with E-state index in [-0.39, 0.29) is 12.5 Å². The largest absolute Gasteiger partial charge is 0.462 e. The van der Waals surface area contributed by atoms with Gasteiger partial charge in [0, 0.05) is 10.1 Å². The lowest BCUT2D eigenvalue weighted by molar-refractivity contribution is 0.0531. The molecule has 3 aromatic rings. The lowest BCUT2D eigenvalue weighted by Crippen LogP contribution is -2.10. The lowest BCUT2D eigenvalue weighted by Gasteiger charge is -2.03. The average molecular weight is 437 g/mol. The van der Waals surface area contributed by atoms with Crippen molar-refractivity contribution in [3.63, 3.8) is 0 Å². The molecular formula is C18H13ClN2O3S3. The van der Waals surface area contributed by atoms with E-state index < -0.39 is 5.97 Å². The summed E-state index contributed by atoms with van der Waals surface area (Å²) in [6.07, 6.45) is 0. The predicted octanol–water partition coefficient (Wildman–Crippen LogP) is 5.93. The minimum absolute atomic E-state index is 0.246. The third-order valence-electron chi connectivity index (χ3n) is 3.67. The first-order chi connectivity index (χ1) is 13.0. The van der Waals surface area contributed by atoms with Crippen molar-refractivity contribution >= 4 is 73.0 Å². The Balaban J connectivity index is 1.97. The van der Waals surface area contributed by atoms with Gasteiger partial charge in [-0.25, -0.2) is 4.79 Å². The summed E-state index contributed by atoms with van der Waals surface area (Å²) in [5, 5.41) is 15.5. The van der Waals surface area contributed by atoms with E-state index in [4.69, 9.17) is 21.6 Å². The molecule has 2 aromatic heterocycles. The van der Waals surface area contributed by atoms with E-state index in [0.29, 0.717) is 30.2 Å². The molecule has 0 aliphatic carbocycles. The minimum atomic E-state index is -0.472. The van der Waals surface area contributed by atoms with Gasteiger partial charge in [-0.05, 0) is 37.2 Å². The van der Waals surface area contributed by atoms with Crippen LogP contribution in [0.5, 0.6) is 0 Å². The number of rotatable bonds is 5. The number of halogens is 1. The van der Waals surface area contributed by atoms with Crippen molar-refractivity contribution in [1.82, 2.24) is 0 Å². The molecule has 27 heavy (non-hydrogen) atoms. The monoisotopic (exact) mass is 436 g/mol. The number of thioether (sulfide) groups is 1. The van der Waals surface area contributed by atoms with Crippen molar-refractivity contribution in [2.75, 3.05) is 11.9 Å². The van der Waals surface area contributed by atoms with Gasteiger partial charge in [0.2, 0.25) is 0 Å². The Labute approximate surface area is 172 Å². The molecule has 0 saturated carbocycles. The van der Waals surface area contributed by atoms with Crippen LogP contribution in [0.25, 0.3) is 10.1 Å². The summed E-state index contributed by atoms with van der Waals surface area (Å²) in [6, 6.07) is 7.50. The van der Waals surface area contributed by atoms with E-state index in [1.54, 1.807) is 13.8 Å². The maximum Gasteiger partial charge on any atom is 0.348 e. The number of benzene rings is 1. The molecule has 1 aromatic carbocycles. The second-order valence-corrected chi connectivity index (χ2v) is 8.57. The molecule has 0 saturated heterocycles. The number of hydrogen-bond donors (Lipinski definition) is 1. The van der Waals surface area contributed by atoms with Crippen LogP contribution < -0.4 is 5.32 Å². The van der Waals surface area contributed by atoms with Crippen molar-refractivity contribution in [3.8, 4) is 5.40 Å². The Morgan fingerprint density at radius 2 is 2.04 bits per heavy atom. The van der Waals surface area contributed by atoms with E-state index in [1.165, 1.54) is 11.3 Å². The van der Waals surface area contributed by atoms with Gasteiger partial charge in [0.05, 0.1) is 16.5 Å². The van der Waals surface area contributed by atoms with Gasteiger partial charge in [-0.2, -0.15) is 5.26 Å². The molecule has 0 radical (unpaired) electrons. The highest BCUT2D eigenvalue weighted by Gasteiger charge is 2.24. The zero-order valence-corrected chi connectivity index (χ0v) is 17.5. The molecule has 9 heteroatoms. The van der Waals surface area contributed by atoms with Crippen LogP contribution in [-0.2, 0) is 4.74 Å². The number of amides is 1. The smallest absolute Gasteiger partial charge is 0.348 e. The molecule has 1 amide bonds. The van der Waals surface area contributed by atoms with Crippen molar-refractivity contribution in [1.29, 1.82) is 5.26 Å². The molecule has 0 aliphatic rings. The van der Waals surface area contributed by atoms with Gasteiger partial charge in [0.15, 0.2) is 0 Å². The number of anilines is 1. The molecule has 0 unspecified atom stereocenters. The Kier molecular flexibility index (Phi) is 6.07. The van der Waals surface area contributed by atoms with E-state index in [0.717, 1.165) is 33.2 Å². The number of thiocyanates is 1. The number of hydrogen-bond acceptors (Lipinski definition) is 7. The second kappa shape index (κ2) is 8.31. The fourth-order valence-corrected chi connectivity index (χ4v) is 5.67. The highest BCUT2D eigenvalue weighted by molar-refractivity contribution is 8.04. The first-order valence-electron chi connectivity index (χ1n) is 7.82. The highest BCUT2D eigenvalue weighted by Crippen LogP contribution is 2.41. The summed E-state index contributed by atoms with van der Waals surface area (Å²) in [7, 11) is 0. The van der Waals surface area contributed by atoms with Gasteiger partial charge in [0.25, 0.3) is 5.91 Å². The number of carbonyl (C=O) groups is 2. The second-order valence-electron chi connectivity index (χ2n) is 5.32. The zero-order chi connectivity index (χ0) is 19.6. The number of thiophene rings is 2. The standard InChI is InChI=1S/C18H13ClN2O3S3/c1-3-24-18(23)14-9(2)13(25-8-20)17(27-14)21-16(22)15-12(19)10-6-4-5-7-11(10)26-15/h4-7H,3H2,1-2H3,(H,21,22). The van der Waals surface area contributed by atoms with E-state index in [1.807, 2.05) is 29.7 Å². The molecule has 0 aliphatic heterocycles. The number of nitrogens with one attached hydrogen (secondary N) is 1. The summed E-state index contributed by atoms with van der Waals surface area (Å²) in [6.45, 7) is 3.69. The van der Waals surface area contributed by atoms with Crippen molar-refractivity contribution in [2.45, 2.75) is 18.7 Å². The van der Waals surface area contributed by atoms with Crippen molar-refractivity contribution < 1.29 is 14.3 Å². The van der Waals surface area contributed by atoms with Gasteiger partial charge in [-0.15, -0.1) is 22.7 Å². The quantitative estimate of drug-likeness (QED) is 0.304. The summed E-state index contributed by atoms with van der Waals surface area (Å²) in [5.41, 5.74) is 0.614. The molecule has 0 spiro atoms. The van der Waals surface area contributed by atoms with E-state index >= 15 is 0 Å². The van der Waals surface area contributed by atoms with Crippen LogP contribution in [0.3, 0.4) is 0 Å². The van der Waals surface area contributed by atoms with Crippen LogP contribution in [0.4, 0.5) is 5.00 Å². The molecule has 0 atom stereocenters. The van der Waals surface area contributed by atoms with Crippen LogP contribution in [0, 0.1) is 17.6 Å². The van der Waals surface area contributed by atoms with Gasteiger partial charge in [0.1, 0.15) is 20.2 Å². The molecule has 0 bridgehead atoms. The van der Waals surface area contributed by atoms with Crippen LogP contribution in [-0.4, -0.2) is 18.5 Å². The molecule has 3 rings (SSSR count). The van der Waals surface area contributed by atoms with Crippen LogP contribution in [0.2, 0.25) is 5.02 Å². The number of carbonyl (C=O) groups excluding carboxylic acids is 2. The molecular weight excluding hydrogens is 424 g/mol. The highest BCUT2D eigenvalue weighted by atomic mass is 35.5. The summed E-state index contributed by atoms with van der Waals surface area (Å²) < 4.78 is 5.96. The number of nitriles is 1. The molecule has 2 heterocycles. The zero-order valence-electron chi connectivity index (χ0n) is 14.3. The van der Waals surface area contributed by atoms with E-state index in [9.17, 15) is 9.59 Å². The first kappa shape index (κ1) is 19.7. The predicted molar refractivity (Wildman–Crippen MR) is 111 cm³/mol. The number of nitrogens with zero attached hydrogens (tertiary/aromatic N) is 1. The number of esters is 1. The van der Waals surface area contributed by atoms with E-state index in [2.05, 4.69) is 5.32 Å². The normalized spacial score (nSPS) is 10.6. The Morgan fingerprint density at radius 1 is 1.30 bits per heavy atom. The van der Waals surface area contributed by atoms with Gasteiger partial charge in [-0.3, -0.25) is 4.79 Å². The molecule has 0 fully saturated rings. The van der Waals surface area contributed by atoms with Crippen LogP contribution >= 0.6 is 46.0 Å². The summed E-state index contributed by atoms with van der Waals surface area (Å²) in [5.74, 6) is -0.849. The number of ether oxygens (including phenoxy) is 1.